The van der Waals surface area contributed by atoms with Crippen LogP contribution in [0, 0.1) is 0 Å². The summed E-state index contributed by atoms with van der Waals surface area (Å²) in [6, 6.07) is 15.7. The second-order valence-electron chi connectivity index (χ2n) is 9.23. The normalized spacial score (nSPS) is 12.6. The second-order valence-corrected chi connectivity index (χ2v) is 12.1. The molecule has 9 heteroatoms. The molecular weight excluding hydrogens is 518 g/mol. The van der Waals surface area contributed by atoms with Crippen molar-refractivity contribution in [2.75, 3.05) is 23.7 Å². The molecule has 1 unspecified atom stereocenters. The molecule has 0 aliphatic rings. The van der Waals surface area contributed by atoms with Crippen LogP contribution < -0.4 is 9.62 Å². The van der Waals surface area contributed by atoms with Crippen LogP contribution >= 0.6 is 15.9 Å². The molecule has 1 N–H and O–H groups in total. The molecule has 2 aromatic carbocycles. The number of carbonyl (C=O) groups excluding carboxylic acids is 2. The van der Waals surface area contributed by atoms with E-state index in [1.807, 2.05) is 58.0 Å². The minimum absolute atomic E-state index is 0.258. The number of benzene rings is 2. The van der Waals surface area contributed by atoms with Crippen LogP contribution in [0.5, 0.6) is 0 Å². The number of hydrogen-bond acceptors (Lipinski definition) is 4. The van der Waals surface area contributed by atoms with Crippen LogP contribution in [0.15, 0.2) is 59.1 Å². The monoisotopic (exact) mass is 551 g/mol. The fourth-order valence-corrected chi connectivity index (χ4v) is 4.68. The van der Waals surface area contributed by atoms with E-state index in [1.54, 1.807) is 24.3 Å². The molecule has 2 rings (SSSR count). The van der Waals surface area contributed by atoms with E-state index >= 15 is 0 Å². The molecule has 186 valence electrons. The highest BCUT2D eigenvalue weighted by molar-refractivity contribution is 9.10. The van der Waals surface area contributed by atoms with E-state index in [-0.39, 0.29) is 12.5 Å². The van der Waals surface area contributed by atoms with Crippen LogP contribution in [0.4, 0.5) is 5.69 Å². The Morgan fingerprint density at radius 3 is 2.12 bits per heavy atom. The van der Waals surface area contributed by atoms with Crippen molar-refractivity contribution in [2.45, 2.75) is 52.1 Å². The Labute approximate surface area is 211 Å². The summed E-state index contributed by atoms with van der Waals surface area (Å²) in [4.78, 5) is 28.2. The molecule has 1 atom stereocenters. The second kappa shape index (κ2) is 11.8. The first kappa shape index (κ1) is 27.9. The molecule has 2 aromatic rings. The van der Waals surface area contributed by atoms with Gasteiger partial charge in [0.1, 0.15) is 12.6 Å². The minimum Gasteiger partial charge on any atom is -0.350 e. The van der Waals surface area contributed by atoms with Crippen molar-refractivity contribution in [3.63, 3.8) is 0 Å². The molecule has 0 saturated heterocycles. The molecule has 0 aliphatic carbocycles. The van der Waals surface area contributed by atoms with Gasteiger partial charge in [-0.3, -0.25) is 13.9 Å². The van der Waals surface area contributed by atoms with Crippen LogP contribution in [0.3, 0.4) is 0 Å². The van der Waals surface area contributed by atoms with E-state index in [0.717, 1.165) is 20.6 Å². The van der Waals surface area contributed by atoms with Crippen molar-refractivity contribution < 1.29 is 18.0 Å². The number of anilines is 1. The van der Waals surface area contributed by atoms with Crippen LogP contribution in [-0.4, -0.2) is 56.1 Å². The average molecular weight is 553 g/mol. The summed E-state index contributed by atoms with van der Waals surface area (Å²) >= 11 is 3.34. The van der Waals surface area contributed by atoms with E-state index in [2.05, 4.69) is 21.2 Å². The van der Waals surface area contributed by atoms with Gasteiger partial charge in [-0.1, -0.05) is 53.2 Å². The van der Waals surface area contributed by atoms with Crippen LogP contribution in [0.25, 0.3) is 0 Å². The van der Waals surface area contributed by atoms with E-state index in [9.17, 15) is 18.0 Å². The Hall–Kier alpha value is -2.39. The first-order chi connectivity index (χ1) is 15.8. The van der Waals surface area contributed by atoms with E-state index in [1.165, 1.54) is 4.90 Å². The largest absolute Gasteiger partial charge is 0.350 e. The number of hydrogen-bond donors (Lipinski definition) is 1. The van der Waals surface area contributed by atoms with Crippen molar-refractivity contribution in [1.82, 2.24) is 10.2 Å². The summed E-state index contributed by atoms with van der Waals surface area (Å²) in [7, 11) is -3.74. The third-order valence-electron chi connectivity index (χ3n) is 5.16. The molecule has 0 saturated carbocycles. The van der Waals surface area contributed by atoms with Gasteiger partial charge in [-0.2, -0.15) is 0 Å². The van der Waals surface area contributed by atoms with Gasteiger partial charge in [0.05, 0.1) is 11.9 Å². The van der Waals surface area contributed by atoms with Gasteiger partial charge < -0.3 is 10.2 Å². The fourth-order valence-electron chi connectivity index (χ4n) is 3.57. The molecule has 2 amide bonds. The number of nitrogens with one attached hydrogen (secondary N) is 1. The summed E-state index contributed by atoms with van der Waals surface area (Å²) < 4.78 is 27.0. The molecule has 0 radical (unpaired) electrons. The Balaban J connectivity index is 2.36. The van der Waals surface area contributed by atoms with Crippen molar-refractivity contribution in [3.8, 4) is 0 Å². The van der Waals surface area contributed by atoms with Crippen molar-refractivity contribution in [2.24, 2.45) is 0 Å². The Morgan fingerprint density at radius 1 is 1.03 bits per heavy atom. The predicted octanol–water partition coefficient (Wildman–Crippen LogP) is 3.98. The number of rotatable bonds is 10. The third kappa shape index (κ3) is 8.43. The van der Waals surface area contributed by atoms with Crippen LogP contribution in [-0.2, 0) is 26.0 Å². The standard InChI is InChI=1S/C25H34BrN3O4S/c1-6-22(24(31)27-25(2,3)4)28(17-16-19-10-8-7-9-11-19)23(30)18-29(34(5,32)33)21-14-12-20(26)13-15-21/h7-15,22H,6,16-18H2,1-5H3,(H,27,31). The van der Waals surface area contributed by atoms with Gasteiger partial charge in [-0.15, -0.1) is 0 Å². The highest BCUT2D eigenvalue weighted by Crippen LogP contribution is 2.21. The van der Waals surface area contributed by atoms with E-state index < -0.39 is 34.1 Å². The highest BCUT2D eigenvalue weighted by Gasteiger charge is 2.32. The first-order valence-electron chi connectivity index (χ1n) is 11.2. The zero-order valence-electron chi connectivity index (χ0n) is 20.4. The quantitative estimate of drug-likeness (QED) is 0.483. The summed E-state index contributed by atoms with van der Waals surface area (Å²) in [5.74, 6) is -0.689. The molecule has 0 fully saturated rings. The number of halogens is 1. The zero-order valence-corrected chi connectivity index (χ0v) is 22.8. The highest BCUT2D eigenvalue weighted by atomic mass is 79.9. The van der Waals surface area contributed by atoms with E-state index in [4.69, 9.17) is 0 Å². The molecule has 0 aliphatic heterocycles. The minimum atomic E-state index is -3.74. The maximum absolute atomic E-state index is 13.6. The lowest BCUT2D eigenvalue weighted by molar-refractivity contribution is -0.140. The fraction of sp³-hybridized carbons (Fsp3) is 0.440. The summed E-state index contributed by atoms with van der Waals surface area (Å²) in [5, 5.41) is 2.96. The number of amides is 2. The number of carbonyl (C=O) groups is 2. The summed E-state index contributed by atoms with van der Waals surface area (Å²) in [6.07, 6.45) is 2.02. The molecule has 0 heterocycles. The number of nitrogens with zero attached hydrogens (tertiary/aromatic N) is 2. The molecular formula is C25H34BrN3O4S. The topological polar surface area (TPSA) is 86.8 Å². The van der Waals surface area contributed by atoms with Gasteiger partial charge in [-0.25, -0.2) is 8.42 Å². The van der Waals surface area contributed by atoms with Gasteiger partial charge >= 0.3 is 0 Å². The van der Waals surface area contributed by atoms with Crippen molar-refractivity contribution in [1.29, 1.82) is 0 Å². The average Bonchev–Trinajstić information content (AvgIpc) is 2.74. The Bertz CT molecular complexity index is 1070. The van der Waals surface area contributed by atoms with Crippen molar-refractivity contribution >= 4 is 43.5 Å². The maximum atomic E-state index is 13.6. The first-order valence-corrected chi connectivity index (χ1v) is 13.8. The van der Waals surface area contributed by atoms with E-state index in [0.29, 0.717) is 18.5 Å². The molecule has 0 aromatic heterocycles. The molecule has 34 heavy (non-hydrogen) atoms. The lowest BCUT2D eigenvalue weighted by Gasteiger charge is -2.34. The van der Waals surface area contributed by atoms with Gasteiger partial charge in [0, 0.05) is 16.6 Å². The number of sulfonamides is 1. The Kier molecular flexibility index (Phi) is 9.70. The molecule has 0 bridgehead atoms. The van der Waals surface area contributed by atoms with Gasteiger partial charge in [0.25, 0.3) is 0 Å². The summed E-state index contributed by atoms with van der Waals surface area (Å²) in [5.41, 5.74) is 0.947. The van der Waals surface area contributed by atoms with Gasteiger partial charge in [0.15, 0.2) is 0 Å². The third-order valence-corrected chi connectivity index (χ3v) is 6.83. The lowest BCUT2D eigenvalue weighted by Crippen LogP contribution is -2.56. The van der Waals surface area contributed by atoms with Gasteiger partial charge in [-0.05, 0) is 63.4 Å². The smallest absolute Gasteiger partial charge is 0.244 e. The predicted molar refractivity (Wildman–Crippen MR) is 140 cm³/mol. The maximum Gasteiger partial charge on any atom is 0.244 e. The van der Waals surface area contributed by atoms with Gasteiger partial charge in [0.2, 0.25) is 21.8 Å². The van der Waals surface area contributed by atoms with Crippen LogP contribution in [0.2, 0.25) is 0 Å². The Morgan fingerprint density at radius 2 is 1.62 bits per heavy atom. The van der Waals surface area contributed by atoms with Crippen molar-refractivity contribution in [3.05, 3.63) is 64.6 Å². The molecule has 7 nitrogen and oxygen atoms in total. The van der Waals surface area contributed by atoms with Crippen LogP contribution in [0.1, 0.15) is 39.7 Å². The lowest BCUT2D eigenvalue weighted by atomic mass is 10.1. The zero-order chi connectivity index (χ0) is 25.5. The molecule has 0 spiro atoms. The summed E-state index contributed by atoms with van der Waals surface area (Å²) in [6.45, 7) is 7.39. The SMILES string of the molecule is CCC(C(=O)NC(C)(C)C)N(CCc1ccccc1)C(=O)CN(c1ccc(Br)cc1)S(C)(=O)=O.